The highest BCUT2D eigenvalue weighted by Crippen LogP contribution is 2.22. The van der Waals surface area contributed by atoms with Gasteiger partial charge in [-0.3, -0.25) is 19.3 Å². The Bertz CT molecular complexity index is 956. The van der Waals surface area contributed by atoms with Gasteiger partial charge in [0.1, 0.15) is 6.54 Å². The number of amides is 2. The van der Waals surface area contributed by atoms with E-state index in [9.17, 15) is 14.4 Å². The minimum Gasteiger partial charge on any atom is -0.350 e. The molecule has 2 aromatic rings. The Balaban J connectivity index is 1.39. The first kappa shape index (κ1) is 20.3. The molecule has 1 unspecified atom stereocenters. The second-order valence-electron chi connectivity index (χ2n) is 8.08. The Morgan fingerprint density at radius 3 is 2.67 bits per heavy atom. The van der Waals surface area contributed by atoms with E-state index in [1.807, 2.05) is 35.2 Å². The van der Waals surface area contributed by atoms with Gasteiger partial charge >= 0.3 is 0 Å². The Kier molecular flexibility index (Phi) is 6.28. The third-order valence-electron chi connectivity index (χ3n) is 6.00. The molecule has 7 nitrogen and oxygen atoms in total. The lowest BCUT2D eigenvalue weighted by molar-refractivity contribution is -0.121. The molecule has 0 spiro atoms. The van der Waals surface area contributed by atoms with Crippen molar-refractivity contribution in [2.45, 2.75) is 38.4 Å². The van der Waals surface area contributed by atoms with E-state index in [1.54, 1.807) is 6.07 Å². The van der Waals surface area contributed by atoms with E-state index < -0.39 is 0 Å². The lowest BCUT2D eigenvalue weighted by atomic mass is 9.99. The Labute approximate surface area is 176 Å². The minimum absolute atomic E-state index is 0.0707. The average Bonchev–Trinajstić information content (AvgIpc) is 2.79. The first-order valence-corrected chi connectivity index (χ1v) is 10.6. The number of rotatable bonds is 5. The fourth-order valence-corrected chi connectivity index (χ4v) is 4.31. The number of carbonyl (C=O) groups excluding carboxylic acids is 2. The van der Waals surface area contributed by atoms with Crippen LogP contribution in [0.25, 0.3) is 0 Å². The van der Waals surface area contributed by atoms with Crippen LogP contribution in [0.3, 0.4) is 0 Å². The van der Waals surface area contributed by atoms with E-state index in [4.69, 9.17) is 0 Å². The first-order valence-electron chi connectivity index (χ1n) is 10.6. The topological polar surface area (TPSA) is 74.7 Å². The molecular weight excluding hydrogens is 380 g/mol. The summed E-state index contributed by atoms with van der Waals surface area (Å²) >= 11 is 0. The molecule has 2 amide bonds. The van der Waals surface area contributed by atoms with Gasteiger partial charge in [0.25, 0.3) is 11.5 Å². The van der Waals surface area contributed by atoms with Crippen molar-refractivity contribution in [3.05, 3.63) is 70.1 Å². The van der Waals surface area contributed by atoms with Crippen molar-refractivity contribution in [1.29, 1.82) is 0 Å². The number of piperazine rings is 1. The zero-order valence-corrected chi connectivity index (χ0v) is 17.1. The largest absolute Gasteiger partial charge is 0.350 e. The maximum Gasteiger partial charge on any atom is 0.255 e. The number of pyridine rings is 1. The second-order valence-corrected chi connectivity index (χ2v) is 8.08. The van der Waals surface area contributed by atoms with E-state index in [1.165, 1.54) is 29.7 Å². The van der Waals surface area contributed by atoms with Gasteiger partial charge in [0.15, 0.2) is 0 Å². The molecule has 2 aliphatic heterocycles. The van der Waals surface area contributed by atoms with Crippen LogP contribution < -0.4 is 10.9 Å². The van der Waals surface area contributed by atoms with Crippen LogP contribution in [0.5, 0.6) is 0 Å². The monoisotopic (exact) mass is 408 g/mol. The summed E-state index contributed by atoms with van der Waals surface area (Å²) in [4.78, 5) is 41.9. The van der Waals surface area contributed by atoms with Crippen LogP contribution in [-0.2, 0) is 17.9 Å². The zero-order valence-electron chi connectivity index (χ0n) is 17.1. The van der Waals surface area contributed by atoms with E-state index in [0.29, 0.717) is 24.7 Å². The smallest absolute Gasteiger partial charge is 0.255 e. The van der Waals surface area contributed by atoms with Crippen molar-refractivity contribution in [2.75, 3.05) is 26.2 Å². The molecule has 0 bridgehead atoms. The zero-order chi connectivity index (χ0) is 20.9. The van der Waals surface area contributed by atoms with Gasteiger partial charge in [0.2, 0.25) is 5.91 Å². The van der Waals surface area contributed by atoms with Gasteiger partial charge in [-0.05, 0) is 31.0 Å². The summed E-state index contributed by atoms with van der Waals surface area (Å²) in [5.41, 5.74) is 1.15. The molecule has 1 atom stereocenters. The van der Waals surface area contributed by atoms with Gasteiger partial charge in [-0.25, -0.2) is 0 Å². The normalized spacial score (nSPS) is 19.2. The maximum atomic E-state index is 13.0. The van der Waals surface area contributed by atoms with E-state index in [-0.39, 0.29) is 23.9 Å². The number of fused-ring (bicyclic) bond motifs is 1. The minimum atomic E-state index is -0.293. The van der Waals surface area contributed by atoms with Crippen molar-refractivity contribution in [2.24, 2.45) is 0 Å². The number of carbonyl (C=O) groups is 2. The quantitative estimate of drug-likeness (QED) is 0.813. The molecule has 4 rings (SSSR count). The van der Waals surface area contributed by atoms with E-state index >= 15 is 0 Å². The van der Waals surface area contributed by atoms with Crippen molar-refractivity contribution in [3.8, 4) is 0 Å². The molecule has 2 aliphatic rings. The standard InChI is InChI=1S/C23H28N4O3/c28-21(24-14-18-6-2-1-3-7-18)17-27-15-19(9-10-22(27)29)23(30)26-13-12-25-11-5-4-8-20(25)16-26/h1-3,6-7,9-10,15,20H,4-5,8,11-14,16-17H2,(H,24,28). The Morgan fingerprint density at radius 1 is 1.00 bits per heavy atom. The number of piperidine rings is 1. The summed E-state index contributed by atoms with van der Waals surface area (Å²) in [5.74, 6) is -0.333. The molecule has 2 saturated heterocycles. The van der Waals surface area contributed by atoms with Crippen molar-refractivity contribution >= 4 is 11.8 Å². The summed E-state index contributed by atoms with van der Waals surface area (Å²) in [5, 5.41) is 2.82. The molecule has 3 heterocycles. The van der Waals surface area contributed by atoms with Gasteiger partial charge < -0.3 is 14.8 Å². The predicted molar refractivity (Wildman–Crippen MR) is 114 cm³/mol. The number of aromatic nitrogens is 1. The van der Waals surface area contributed by atoms with Crippen LogP contribution in [-0.4, -0.2) is 58.4 Å². The third kappa shape index (κ3) is 4.79. The van der Waals surface area contributed by atoms with E-state index in [2.05, 4.69) is 10.2 Å². The van der Waals surface area contributed by atoms with Gasteiger partial charge in [0.05, 0.1) is 5.56 Å². The first-order chi connectivity index (χ1) is 14.6. The number of benzene rings is 1. The summed E-state index contributed by atoms with van der Waals surface area (Å²) in [6.45, 7) is 3.75. The summed E-state index contributed by atoms with van der Waals surface area (Å²) < 4.78 is 1.31. The third-order valence-corrected chi connectivity index (χ3v) is 6.00. The van der Waals surface area contributed by atoms with Crippen LogP contribution in [0.4, 0.5) is 0 Å². The average molecular weight is 409 g/mol. The van der Waals surface area contributed by atoms with Gasteiger partial charge in [-0.2, -0.15) is 0 Å². The molecule has 0 aliphatic carbocycles. The molecular formula is C23H28N4O3. The van der Waals surface area contributed by atoms with Gasteiger partial charge in [-0.1, -0.05) is 36.8 Å². The van der Waals surface area contributed by atoms with Crippen LogP contribution in [0, 0.1) is 0 Å². The van der Waals surface area contributed by atoms with E-state index in [0.717, 1.165) is 31.6 Å². The van der Waals surface area contributed by atoms with Gasteiger partial charge in [0, 0.05) is 44.5 Å². The molecule has 0 radical (unpaired) electrons. The summed E-state index contributed by atoms with van der Waals surface area (Å²) in [6, 6.07) is 13.0. The lowest BCUT2D eigenvalue weighted by Gasteiger charge is -2.44. The number of hydrogen-bond donors (Lipinski definition) is 1. The summed E-state index contributed by atoms with van der Waals surface area (Å²) in [7, 11) is 0. The highest BCUT2D eigenvalue weighted by Gasteiger charge is 2.31. The number of hydrogen-bond acceptors (Lipinski definition) is 4. The number of nitrogens with one attached hydrogen (secondary N) is 1. The molecule has 2 fully saturated rings. The molecule has 7 heteroatoms. The molecule has 0 saturated carbocycles. The maximum absolute atomic E-state index is 13.0. The predicted octanol–water partition coefficient (Wildman–Crippen LogP) is 1.48. The second kappa shape index (κ2) is 9.26. The van der Waals surface area contributed by atoms with Crippen LogP contribution in [0.2, 0.25) is 0 Å². The van der Waals surface area contributed by atoms with Crippen molar-refractivity contribution < 1.29 is 9.59 Å². The van der Waals surface area contributed by atoms with Crippen molar-refractivity contribution in [3.63, 3.8) is 0 Å². The van der Waals surface area contributed by atoms with Crippen molar-refractivity contribution in [1.82, 2.24) is 19.7 Å². The molecule has 1 N–H and O–H groups in total. The fourth-order valence-electron chi connectivity index (χ4n) is 4.31. The SMILES string of the molecule is O=C(Cn1cc(C(=O)N2CCN3CCCCC3C2)ccc1=O)NCc1ccccc1. The Hall–Kier alpha value is -2.93. The molecule has 1 aromatic heterocycles. The fraction of sp³-hybridized carbons (Fsp3) is 0.435. The highest BCUT2D eigenvalue weighted by molar-refractivity contribution is 5.94. The Morgan fingerprint density at radius 2 is 1.83 bits per heavy atom. The van der Waals surface area contributed by atoms with Crippen LogP contribution in [0.15, 0.2) is 53.5 Å². The molecule has 30 heavy (non-hydrogen) atoms. The summed E-state index contributed by atoms with van der Waals surface area (Å²) in [6.07, 6.45) is 5.10. The molecule has 158 valence electrons. The number of nitrogens with zero attached hydrogens (tertiary/aromatic N) is 3. The lowest BCUT2D eigenvalue weighted by Crippen LogP contribution is -2.56. The van der Waals surface area contributed by atoms with Gasteiger partial charge in [-0.15, -0.1) is 0 Å². The van der Waals surface area contributed by atoms with Crippen LogP contribution >= 0.6 is 0 Å². The highest BCUT2D eigenvalue weighted by atomic mass is 16.2. The van der Waals surface area contributed by atoms with Crippen LogP contribution in [0.1, 0.15) is 35.2 Å². The molecule has 1 aromatic carbocycles.